The van der Waals surface area contributed by atoms with Gasteiger partial charge < -0.3 is 4.42 Å². The van der Waals surface area contributed by atoms with Gasteiger partial charge in [-0.15, -0.1) is 0 Å². The van der Waals surface area contributed by atoms with E-state index in [2.05, 4.69) is 88.8 Å². The molecule has 0 atom stereocenters. The number of benzene rings is 6. The van der Waals surface area contributed by atoms with Gasteiger partial charge in [0.15, 0.2) is 17.5 Å². The Balaban J connectivity index is 1.19. The first-order chi connectivity index (χ1) is 27.2. The maximum atomic E-state index is 6.82. The Labute approximate surface area is 317 Å². The molecule has 0 bridgehead atoms. The van der Waals surface area contributed by atoms with E-state index in [-0.39, 0.29) is 0 Å². The fourth-order valence-corrected chi connectivity index (χ4v) is 7.19. The number of hydrogen-bond donors (Lipinski definition) is 0. The summed E-state index contributed by atoms with van der Waals surface area (Å²) in [5.41, 5.74) is 12.8. The van der Waals surface area contributed by atoms with E-state index < -0.39 is 0 Å². The molecule has 4 heterocycles. The van der Waals surface area contributed by atoms with Crippen molar-refractivity contribution < 1.29 is 4.42 Å². The van der Waals surface area contributed by atoms with Gasteiger partial charge in [-0.1, -0.05) is 133 Å². The van der Waals surface area contributed by atoms with E-state index in [1.54, 1.807) is 12.4 Å². The fourth-order valence-electron chi connectivity index (χ4n) is 7.19. The Kier molecular flexibility index (Phi) is 8.04. The lowest BCUT2D eigenvalue weighted by Gasteiger charge is -2.11. The van der Waals surface area contributed by atoms with Crippen molar-refractivity contribution in [2.45, 2.75) is 0 Å². The molecule has 0 spiro atoms. The van der Waals surface area contributed by atoms with Crippen molar-refractivity contribution in [1.82, 2.24) is 24.9 Å². The van der Waals surface area contributed by atoms with Gasteiger partial charge in [-0.05, 0) is 69.3 Å². The van der Waals surface area contributed by atoms with Crippen molar-refractivity contribution in [2.24, 2.45) is 0 Å². The van der Waals surface area contributed by atoms with E-state index in [4.69, 9.17) is 19.4 Å². The number of fused-ring (bicyclic) bond motifs is 3. The Morgan fingerprint density at radius 1 is 0.345 bits per heavy atom. The van der Waals surface area contributed by atoms with Crippen LogP contribution in [0.3, 0.4) is 0 Å². The molecule has 6 heteroatoms. The predicted octanol–water partition coefficient (Wildman–Crippen LogP) is 12.2. The molecule has 10 rings (SSSR count). The first kappa shape index (κ1) is 32.1. The summed E-state index contributed by atoms with van der Waals surface area (Å²) in [7, 11) is 0. The highest BCUT2D eigenvalue weighted by Gasteiger charge is 2.21. The van der Waals surface area contributed by atoms with Crippen LogP contribution in [0.2, 0.25) is 0 Å². The third kappa shape index (κ3) is 6.11. The van der Waals surface area contributed by atoms with Gasteiger partial charge in [0.05, 0.1) is 0 Å². The normalized spacial score (nSPS) is 11.3. The Morgan fingerprint density at radius 2 is 0.855 bits per heavy atom. The van der Waals surface area contributed by atoms with E-state index in [1.165, 1.54) is 0 Å². The van der Waals surface area contributed by atoms with Gasteiger partial charge in [0, 0.05) is 57.8 Å². The molecule has 0 radical (unpaired) electrons. The van der Waals surface area contributed by atoms with Crippen LogP contribution in [0.15, 0.2) is 193 Å². The smallest absolute Gasteiger partial charge is 0.164 e. The molecule has 0 aliphatic heterocycles. The average molecular weight is 706 g/mol. The quantitative estimate of drug-likeness (QED) is 0.164. The third-order valence-electron chi connectivity index (χ3n) is 9.94. The number of rotatable bonds is 7. The minimum Gasteiger partial charge on any atom is -0.455 e. The summed E-state index contributed by atoms with van der Waals surface area (Å²) in [4.78, 5) is 23.8. The maximum Gasteiger partial charge on any atom is 0.164 e. The van der Waals surface area contributed by atoms with Gasteiger partial charge in [0.2, 0.25) is 0 Å². The first-order valence-corrected chi connectivity index (χ1v) is 18.1. The second kappa shape index (κ2) is 13.8. The van der Waals surface area contributed by atoms with Gasteiger partial charge in [-0.3, -0.25) is 9.97 Å². The monoisotopic (exact) mass is 705 g/mol. The summed E-state index contributed by atoms with van der Waals surface area (Å²) in [6, 6.07) is 56.0. The molecule has 0 saturated carbocycles. The molecule has 6 nitrogen and oxygen atoms in total. The van der Waals surface area contributed by atoms with Crippen LogP contribution in [0.5, 0.6) is 0 Å². The van der Waals surface area contributed by atoms with Crippen LogP contribution in [0.25, 0.3) is 101 Å². The number of nitrogens with zero attached hydrogens (tertiary/aromatic N) is 5. The molecule has 258 valence electrons. The molecular weight excluding hydrogens is 675 g/mol. The zero-order valence-corrected chi connectivity index (χ0v) is 29.5. The summed E-state index contributed by atoms with van der Waals surface area (Å²) >= 11 is 0. The number of hydrogen-bond acceptors (Lipinski definition) is 6. The van der Waals surface area contributed by atoms with Crippen LogP contribution in [-0.4, -0.2) is 24.9 Å². The van der Waals surface area contributed by atoms with Gasteiger partial charge in [-0.25, -0.2) is 15.0 Å². The Morgan fingerprint density at radius 3 is 1.40 bits per heavy atom. The molecule has 4 aromatic heterocycles. The van der Waals surface area contributed by atoms with E-state index in [0.717, 1.165) is 83.1 Å². The lowest BCUT2D eigenvalue weighted by Crippen LogP contribution is -2.00. The standard InChI is InChI=1S/C49H31N5O/c1-3-10-36(11-4-1)47-52-48(37-12-5-2-6-13-37)54-49(53-47)41-16-7-17-44-45(41)43-29-40(34-20-18-32(19-21-34)38-14-8-26-50-30-38)28-42(46(43)55-44)35-24-22-33(23-25-35)39-15-9-27-51-31-39/h1-31H. The molecule has 0 saturated heterocycles. The molecular formula is C49H31N5O. The van der Waals surface area contributed by atoms with E-state index in [9.17, 15) is 0 Å². The zero-order chi connectivity index (χ0) is 36.6. The molecule has 55 heavy (non-hydrogen) atoms. The molecule has 0 N–H and O–H groups in total. The summed E-state index contributed by atoms with van der Waals surface area (Å²) in [6.45, 7) is 0. The predicted molar refractivity (Wildman–Crippen MR) is 221 cm³/mol. The number of pyridine rings is 2. The highest BCUT2D eigenvalue weighted by atomic mass is 16.3. The van der Waals surface area contributed by atoms with Gasteiger partial charge >= 0.3 is 0 Å². The Bertz CT molecular complexity index is 2870. The zero-order valence-electron chi connectivity index (χ0n) is 29.5. The van der Waals surface area contributed by atoms with Crippen LogP contribution in [0.4, 0.5) is 0 Å². The van der Waals surface area contributed by atoms with E-state index in [1.807, 2.05) is 97.3 Å². The van der Waals surface area contributed by atoms with Crippen LogP contribution < -0.4 is 0 Å². The molecule has 0 aliphatic rings. The minimum absolute atomic E-state index is 0.578. The van der Waals surface area contributed by atoms with Crippen LogP contribution >= 0.6 is 0 Å². The van der Waals surface area contributed by atoms with Crippen molar-refractivity contribution >= 4 is 21.9 Å². The third-order valence-corrected chi connectivity index (χ3v) is 9.94. The first-order valence-electron chi connectivity index (χ1n) is 18.1. The van der Waals surface area contributed by atoms with Crippen molar-refractivity contribution in [3.05, 3.63) is 189 Å². The van der Waals surface area contributed by atoms with Crippen LogP contribution in [0.1, 0.15) is 0 Å². The van der Waals surface area contributed by atoms with Gasteiger partial charge in [0.1, 0.15) is 11.2 Å². The summed E-state index contributed by atoms with van der Waals surface area (Å²) in [5.74, 6) is 1.80. The lowest BCUT2D eigenvalue weighted by atomic mass is 9.93. The van der Waals surface area contributed by atoms with Crippen molar-refractivity contribution in [2.75, 3.05) is 0 Å². The van der Waals surface area contributed by atoms with E-state index >= 15 is 0 Å². The molecule has 0 unspecified atom stereocenters. The molecule has 0 amide bonds. The van der Waals surface area contributed by atoms with Crippen molar-refractivity contribution in [3.8, 4) is 78.7 Å². The lowest BCUT2D eigenvalue weighted by molar-refractivity contribution is 0.670. The summed E-state index contributed by atoms with van der Waals surface area (Å²) in [5, 5.41) is 1.93. The number of furan rings is 1. The maximum absolute atomic E-state index is 6.82. The number of aromatic nitrogens is 5. The largest absolute Gasteiger partial charge is 0.455 e. The van der Waals surface area contributed by atoms with E-state index in [0.29, 0.717) is 17.5 Å². The van der Waals surface area contributed by atoms with Crippen LogP contribution in [0, 0.1) is 0 Å². The van der Waals surface area contributed by atoms with Gasteiger partial charge in [-0.2, -0.15) is 0 Å². The molecule has 0 fully saturated rings. The SMILES string of the molecule is c1ccc(-c2nc(-c3ccccc3)nc(-c3cccc4oc5c(-c6ccc(-c7cccnc7)cc6)cc(-c6ccc(-c7cccnc7)cc6)cc5c34)n2)cc1. The molecule has 0 aliphatic carbocycles. The summed E-state index contributed by atoms with van der Waals surface area (Å²) in [6.07, 6.45) is 7.36. The second-order valence-corrected chi connectivity index (χ2v) is 13.4. The van der Waals surface area contributed by atoms with Crippen LogP contribution in [-0.2, 0) is 0 Å². The topological polar surface area (TPSA) is 77.6 Å². The Hall–Kier alpha value is -7.57. The molecule has 10 aromatic rings. The van der Waals surface area contributed by atoms with Crippen molar-refractivity contribution in [1.29, 1.82) is 0 Å². The molecule has 6 aromatic carbocycles. The van der Waals surface area contributed by atoms with Crippen molar-refractivity contribution in [3.63, 3.8) is 0 Å². The fraction of sp³-hybridized carbons (Fsp3) is 0. The average Bonchev–Trinajstić information content (AvgIpc) is 3.66. The summed E-state index contributed by atoms with van der Waals surface area (Å²) < 4.78 is 6.82. The van der Waals surface area contributed by atoms with Gasteiger partial charge in [0.25, 0.3) is 0 Å². The second-order valence-electron chi connectivity index (χ2n) is 13.4. The minimum atomic E-state index is 0.578. The highest BCUT2D eigenvalue weighted by Crippen LogP contribution is 2.43. The highest BCUT2D eigenvalue weighted by molar-refractivity contribution is 6.16.